The maximum atomic E-state index is 8.90. The van der Waals surface area contributed by atoms with Crippen molar-refractivity contribution in [2.45, 2.75) is 13.3 Å². The largest absolute Gasteiger partial charge is 0.394 e. The van der Waals surface area contributed by atoms with E-state index in [1.54, 1.807) is 0 Å². The van der Waals surface area contributed by atoms with Crippen LogP contribution < -0.4 is 0 Å². The second-order valence-corrected chi connectivity index (χ2v) is 5.49. The average Bonchev–Trinajstić information content (AvgIpc) is 2.58. The number of aliphatic hydroxyl groups is 3. The van der Waals surface area contributed by atoms with Gasteiger partial charge in [0.2, 0.25) is 0 Å². The van der Waals surface area contributed by atoms with Crippen LogP contribution in [0.1, 0.15) is 13.3 Å². The summed E-state index contributed by atoms with van der Waals surface area (Å²) in [5.41, 5.74) is -0.517. The van der Waals surface area contributed by atoms with Gasteiger partial charge in [0.1, 0.15) is 0 Å². The maximum absolute atomic E-state index is 8.90. The first kappa shape index (κ1) is 23.7. The SMILES string of the molecule is CCCOCC(COCCO)(COCCO)COCCOCCO. The van der Waals surface area contributed by atoms with Crippen LogP contribution in [0.25, 0.3) is 0 Å². The standard InChI is InChI=1S/C16H34O8/c1-2-6-21-12-16(13-22-8-4-18,14-23-9-5-19)15-24-11-10-20-7-3-17/h17-19H,2-15H2,1H3. The Balaban J connectivity index is 4.48. The van der Waals surface area contributed by atoms with E-state index in [2.05, 4.69) is 0 Å². The Hall–Kier alpha value is -0.320. The minimum atomic E-state index is -0.517. The van der Waals surface area contributed by atoms with Crippen LogP contribution in [0.3, 0.4) is 0 Å². The zero-order valence-corrected chi connectivity index (χ0v) is 14.8. The molecular formula is C16H34O8. The Bertz CT molecular complexity index is 226. The van der Waals surface area contributed by atoms with Gasteiger partial charge in [-0.2, -0.15) is 0 Å². The molecule has 0 unspecified atom stereocenters. The van der Waals surface area contributed by atoms with Crippen molar-refractivity contribution in [1.29, 1.82) is 0 Å². The van der Waals surface area contributed by atoms with Gasteiger partial charge < -0.3 is 39.0 Å². The zero-order valence-electron chi connectivity index (χ0n) is 14.8. The summed E-state index contributed by atoms with van der Waals surface area (Å²) in [5.74, 6) is 0. The molecule has 0 radical (unpaired) electrons. The lowest BCUT2D eigenvalue weighted by atomic mass is 9.92. The highest BCUT2D eigenvalue weighted by molar-refractivity contribution is 4.79. The van der Waals surface area contributed by atoms with Crippen LogP contribution in [0.4, 0.5) is 0 Å². The monoisotopic (exact) mass is 354 g/mol. The number of aliphatic hydroxyl groups excluding tert-OH is 3. The lowest BCUT2D eigenvalue weighted by molar-refractivity contribution is -0.115. The number of hydrogen-bond donors (Lipinski definition) is 3. The molecule has 146 valence electrons. The van der Waals surface area contributed by atoms with E-state index >= 15 is 0 Å². The van der Waals surface area contributed by atoms with Crippen LogP contribution in [0.2, 0.25) is 0 Å². The predicted octanol–water partition coefficient (Wildman–Crippen LogP) is -0.557. The van der Waals surface area contributed by atoms with Crippen molar-refractivity contribution >= 4 is 0 Å². The molecule has 0 aliphatic rings. The summed E-state index contributed by atoms with van der Waals surface area (Å²) in [6.45, 7) is 5.43. The van der Waals surface area contributed by atoms with Crippen LogP contribution in [0.15, 0.2) is 0 Å². The van der Waals surface area contributed by atoms with E-state index in [0.717, 1.165) is 6.42 Å². The normalized spacial score (nSPS) is 12.0. The van der Waals surface area contributed by atoms with Crippen molar-refractivity contribution in [3.05, 3.63) is 0 Å². The predicted molar refractivity (Wildman–Crippen MR) is 88.1 cm³/mol. The van der Waals surface area contributed by atoms with Gasteiger partial charge in [0.05, 0.1) is 84.7 Å². The average molecular weight is 354 g/mol. The van der Waals surface area contributed by atoms with E-state index in [0.29, 0.717) is 46.2 Å². The van der Waals surface area contributed by atoms with Gasteiger partial charge >= 0.3 is 0 Å². The molecule has 0 heterocycles. The highest BCUT2D eigenvalue weighted by Gasteiger charge is 2.32. The van der Waals surface area contributed by atoms with Crippen LogP contribution in [0, 0.1) is 5.41 Å². The molecule has 0 aromatic carbocycles. The summed E-state index contributed by atoms with van der Waals surface area (Å²) in [6, 6.07) is 0. The zero-order chi connectivity index (χ0) is 17.9. The third kappa shape index (κ3) is 13.0. The van der Waals surface area contributed by atoms with Gasteiger partial charge in [-0.3, -0.25) is 0 Å². The fourth-order valence-corrected chi connectivity index (χ4v) is 1.96. The Labute approximate surface area is 144 Å². The minimum Gasteiger partial charge on any atom is -0.394 e. The quantitative estimate of drug-likeness (QED) is 0.265. The van der Waals surface area contributed by atoms with E-state index in [-0.39, 0.29) is 39.6 Å². The van der Waals surface area contributed by atoms with Crippen molar-refractivity contribution < 1.29 is 39.0 Å². The molecule has 24 heavy (non-hydrogen) atoms. The summed E-state index contributed by atoms with van der Waals surface area (Å²) in [5, 5.41) is 26.5. The first-order chi connectivity index (χ1) is 11.7. The Morgan fingerprint density at radius 1 is 0.542 bits per heavy atom. The van der Waals surface area contributed by atoms with Gasteiger partial charge in [-0.05, 0) is 6.42 Å². The molecule has 0 saturated heterocycles. The fourth-order valence-electron chi connectivity index (χ4n) is 1.96. The molecule has 0 amide bonds. The van der Waals surface area contributed by atoms with E-state index in [9.17, 15) is 0 Å². The topological polar surface area (TPSA) is 107 Å². The van der Waals surface area contributed by atoms with Crippen molar-refractivity contribution in [1.82, 2.24) is 0 Å². The smallest absolute Gasteiger partial charge is 0.0701 e. The fraction of sp³-hybridized carbons (Fsp3) is 1.00. The van der Waals surface area contributed by atoms with Crippen molar-refractivity contribution in [3.63, 3.8) is 0 Å². The van der Waals surface area contributed by atoms with E-state index in [4.69, 9.17) is 39.0 Å². The number of ether oxygens (including phenoxy) is 5. The van der Waals surface area contributed by atoms with Gasteiger partial charge in [-0.1, -0.05) is 6.92 Å². The molecule has 8 nitrogen and oxygen atoms in total. The van der Waals surface area contributed by atoms with Gasteiger partial charge in [0, 0.05) is 6.61 Å². The lowest BCUT2D eigenvalue weighted by Crippen LogP contribution is -2.42. The Kier molecular flexibility index (Phi) is 17.3. The van der Waals surface area contributed by atoms with E-state index in [1.165, 1.54) is 0 Å². The second kappa shape index (κ2) is 17.5. The molecule has 0 rings (SSSR count). The summed E-state index contributed by atoms with van der Waals surface area (Å²) in [7, 11) is 0. The minimum absolute atomic E-state index is 0.0151. The molecule has 8 heteroatoms. The Morgan fingerprint density at radius 3 is 1.38 bits per heavy atom. The van der Waals surface area contributed by atoms with Gasteiger partial charge in [-0.25, -0.2) is 0 Å². The highest BCUT2D eigenvalue weighted by Crippen LogP contribution is 2.21. The van der Waals surface area contributed by atoms with Crippen LogP contribution in [-0.2, 0) is 23.7 Å². The molecule has 0 atom stereocenters. The third-order valence-electron chi connectivity index (χ3n) is 3.06. The molecule has 3 N–H and O–H groups in total. The molecule has 0 fully saturated rings. The molecule has 0 aliphatic heterocycles. The molecule has 0 aromatic heterocycles. The van der Waals surface area contributed by atoms with E-state index in [1.807, 2.05) is 6.92 Å². The third-order valence-corrected chi connectivity index (χ3v) is 3.06. The Morgan fingerprint density at radius 2 is 0.917 bits per heavy atom. The highest BCUT2D eigenvalue weighted by atomic mass is 16.5. The summed E-state index contributed by atoms with van der Waals surface area (Å²) < 4.78 is 27.5. The van der Waals surface area contributed by atoms with Gasteiger partial charge in [-0.15, -0.1) is 0 Å². The molecule has 0 spiro atoms. The summed E-state index contributed by atoms with van der Waals surface area (Å²) in [4.78, 5) is 0. The lowest BCUT2D eigenvalue weighted by Gasteiger charge is -2.33. The molecular weight excluding hydrogens is 320 g/mol. The molecule has 0 aliphatic carbocycles. The maximum Gasteiger partial charge on any atom is 0.0701 e. The number of rotatable bonds is 19. The first-order valence-corrected chi connectivity index (χ1v) is 8.46. The number of hydrogen-bond acceptors (Lipinski definition) is 8. The molecule has 0 bridgehead atoms. The second-order valence-electron chi connectivity index (χ2n) is 5.49. The van der Waals surface area contributed by atoms with Crippen LogP contribution in [0.5, 0.6) is 0 Å². The summed E-state index contributed by atoms with van der Waals surface area (Å²) in [6.07, 6.45) is 0.904. The van der Waals surface area contributed by atoms with Crippen molar-refractivity contribution in [2.24, 2.45) is 5.41 Å². The van der Waals surface area contributed by atoms with Crippen LogP contribution >= 0.6 is 0 Å². The molecule has 0 saturated carbocycles. The van der Waals surface area contributed by atoms with Gasteiger partial charge in [0.25, 0.3) is 0 Å². The van der Waals surface area contributed by atoms with Crippen molar-refractivity contribution in [2.75, 3.05) is 85.9 Å². The van der Waals surface area contributed by atoms with Crippen LogP contribution in [-0.4, -0.2) is 101 Å². The molecule has 0 aromatic rings. The van der Waals surface area contributed by atoms with E-state index < -0.39 is 5.41 Å². The summed E-state index contributed by atoms with van der Waals surface area (Å²) >= 11 is 0. The van der Waals surface area contributed by atoms with Gasteiger partial charge in [0.15, 0.2) is 0 Å². The first-order valence-electron chi connectivity index (χ1n) is 8.46. The van der Waals surface area contributed by atoms with Crippen molar-refractivity contribution in [3.8, 4) is 0 Å².